The molecule has 0 amide bonds. The second kappa shape index (κ2) is 8.66. The maximum absolute atomic E-state index is 13.0. The largest absolute Gasteiger partial charge is 0.490 e. The van der Waals surface area contributed by atoms with Gasteiger partial charge in [-0.2, -0.15) is 0 Å². The number of fused-ring (bicyclic) bond motifs is 1. The number of H-pyrrole nitrogens is 1. The van der Waals surface area contributed by atoms with Crippen LogP contribution < -0.4 is 15.0 Å². The molecule has 1 aliphatic heterocycles. The first-order valence-electron chi connectivity index (χ1n) is 9.00. The van der Waals surface area contributed by atoms with Gasteiger partial charge in [0, 0.05) is 32.2 Å². The van der Waals surface area contributed by atoms with Crippen molar-refractivity contribution >= 4 is 23.1 Å². The van der Waals surface area contributed by atoms with E-state index in [9.17, 15) is 4.79 Å². The van der Waals surface area contributed by atoms with Crippen molar-refractivity contribution in [3.8, 4) is 11.5 Å². The normalized spacial score (nSPS) is 15.3. The Morgan fingerprint density at radius 3 is 2.42 bits per heavy atom. The molecule has 0 aliphatic carbocycles. The minimum absolute atomic E-state index is 0.110. The summed E-state index contributed by atoms with van der Waals surface area (Å²) in [6.45, 7) is 9.36. The Morgan fingerprint density at radius 1 is 1.12 bits per heavy atom. The number of hydrogen-bond donors (Lipinski definition) is 1. The van der Waals surface area contributed by atoms with Gasteiger partial charge in [0.25, 0.3) is 5.56 Å². The van der Waals surface area contributed by atoms with Gasteiger partial charge in [-0.25, -0.2) is 0 Å². The highest BCUT2D eigenvalue weighted by atomic mass is 32.1. The minimum Gasteiger partial charge on any atom is -0.490 e. The highest BCUT2D eigenvalue weighted by Gasteiger charge is 2.14. The van der Waals surface area contributed by atoms with Gasteiger partial charge in [-0.3, -0.25) is 14.3 Å². The summed E-state index contributed by atoms with van der Waals surface area (Å²) in [5.41, 5.74) is 0.551. The zero-order chi connectivity index (χ0) is 18.5. The van der Waals surface area contributed by atoms with E-state index < -0.39 is 0 Å². The van der Waals surface area contributed by atoms with E-state index in [1.165, 1.54) is 0 Å². The average Bonchev–Trinajstić information content (AvgIpc) is 2.64. The van der Waals surface area contributed by atoms with Crippen molar-refractivity contribution in [1.29, 1.82) is 0 Å². The van der Waals surface area contributed by atoms with Crippen molar-refractivity contribution in [1.82, 2.24) is 14.5 Å². The van der Waals surface area contributed by atoms with Crippen molar-refractivity contribution < 1.29 is 14.2 Å². The molecule has 142 valence electrons. The lowest BCUT2D eigenvalue weighted by atomic mass is 10.2. The van der Waals surface area contributed by atoms with E-state index >= 15 is 0 Å². The maximum atomic E-state index is 13.0. The van der Waals surface area contributed by atoms with Crippen LogP contribution in [-0.2, 0) is 11.3 Å². The third-order valence-electron chi connectivity index (χ3n) is 4.39. The van der Waals surface area contributed by atoms with Gasteiger partial charge in [-0.15, -0.1) is 0 Å². The number of ether oxygens (including phenoxy) is 3. The molecule has 1 N–H and O–H groups in total. The first-order valence-corrected chi connectivity index (χ1v) is 9.41. The van der Waals surface area contributed by atoms with E-state index in [2.05, 4.69) is 9.88 Å². The van der Waals surface area contributed by atoms with Crippen LogP contribution in [0, 0.1) is 4.77 Å². The summed E-state index contributed by atoms with van der Waals surface area (Å²) in [6.07, 6.45) is 0. The summed E-state index contributed by atoms with van der Waals surface area (Å²) < 4.78 is 18.7. The molecule has 1 aliphatic rings. The van der Waals surface area contributed by atoms with E-state index in [4.69, 9.17) is 26.4 Å². The molecule has 0 unspecified atom stereocenters. The summed E-state index contributed by atoms with van der Waals surface area (Å²) in [5, 5.41) is 0.549. The zero-order valence-electron chi connectivity index (χ0n) is 15.2. The highest BCUT2D eigenvalue weighted by molar-refractivity contribution is 7.71. The van der Waals surface area contributed by atoms with Crippen LogP contribution in [-0.4, -0.2) is 60.5 Å². The Balaban J connectivity index is 1.95. The minimum atomic E-state index is -0.110. The lowest BCUT2D eigenvalue weighted by molar-refractivity contribution is 0.0362. The molecule has 1 fully saturated rings. The van der Waals surface area contributed by atoms with Gasteiger partial charge in [0.1, 0.15) is 0 Å². The van der Waals surface area contributed by atoms with Gasteiger partial charge >= 0.3 is 0 Å². The molecular weight excluding hydrogens is 354 g/mol. The lowest BCUT2D eigenvalue weighted by Gasteiger charge is -2.26. The quantitative estimate of drug-likeness (QED) is 0.744. The number of aromatic nitrogens is 2. The van der Waals surface area contributed by atoms with Crippen molar-refractivity contribution in [2.24, 2.45) is 0 Å². The van der Waals surface area contributed by atoms with Crippen LogP contribution in [0.2, 0.25) is 0 Å². The molecule has 0 bridgehead atoms. The fourth-order valence-electron chi connectivity index (χ4n) is 3.07. The van der Waals surface area contributed by atoms with Crippen molar-refractivity contribution in [2.45, 2.75) is 20.4 Å². The average molecular weight is 379 g/mol. The molecule has 0 atom stereocenters. The molecule has 0 radical (unpaired) electrons. The molecule has 26 heavy (non-hydrogen) atoms. The van der Waals surface area contributed by atoms with Gasteiger partial charge < -0.3 is 19.2 Å². The molecule has 3 rings (SSSR count). The zero-order valence-corrected chi connectivity index (χ0v) is 16.1. The second-order valence-corrected chi connectivity index (χ2v) is 6.44. The summed E-state index contributed by atoms with van der Waals surface area (Å²) in [5.74, 6) is 1.18. The van der Waals surface area contributed by atoms with E-state index in [1.54, 1.807) is 16.7 Å². The molecule has 8 heteroatoms. The van der Waals surface area contributed by atoms with Crippen LogP contribution in [0.25, 0.3) is 10.9 Å². The fourth-order valence-corrected chi connectivity index (χ4v) is 3.35. The van der Waals surface area contributed by atoms with E-state index in [-0.39, 0.29) is 5.56 Å². The third kappa shape index (κ3) is 4.08. The topological polar surface area (TPSA) is 68.7 Å². The summed E-state index contributed by atoms with van der Waals surface area (Å²) in [6, 6.07) is 3.52. The summed E-state index contributed by atoms with van der Waals surface area (Å²) >= 11 is 5.42. The molecule has 1 aromatic heterocycles. The predicted molar refractivity (Wildman–Crippen MR) is 103 cm³/mol. The first-order chi connectivity index (χ1) is 12.6. The first kappa shape index (κ1) is 18.9. The number of rotatable bonds is 7. The Kier molecular flexibility index (Phi) is 6.29. The van der Waals surface area contributed by atoms with Gasteiger partial charge in [0.05, 0.1) is 37.3 Å². The van der Waals surface area contributed by atoms with E-state index in [0.717, 1.165) is 32.8 Å². The Hall–Kier alpha value is -1.90. The standard InChI is InChI=1S/C18H25N3O4S/c1-3-24-15-11-13-14(12-16(15)25-4-2)19-18(26)21(17(13)22)6-5-20-7-9-23-10-8-20/h11-12H,3-10H2,1-2H3,(H,19,26). The molecule has 7 nitrogen and oxygen atoms in total. The van der Waals surface area contributed by atoms with Crippen LogP contribution in [0.4, 0.5) is 0 Å². The van der Waals surface area contributed by atoms with Crippen molar-refractivity contribution in [3.05, 3.63) is 27.3 Å². The molecule has 2 heterocycles. The Morgan fingerprint density at radius 2 is 1.77 bits per heavy atom. The monoisotopic (exact) mass is 379 g/mol. The molecule has 0 spiro atoms. The van der Waals surface area contributed by atoms with Crippen molar-refractivity contribution in [3.63, 3.8) is 0 Å². The number of aromatic amines is 1. The molecule has 1 aromatic carbocycles. The fraction of sp³-hybridized carbons (Fsp3) is 0.556. The number of morpholine rings is 1. The van der Waals surface area contributed by atoms with Crippen LogP contribution in [0.1, 0.15) is 13.8 Å². The summed E-state index contributed by atoms with van der Waals surface area (Å²) in [7, 11) is 0. The number of nitrogens with zero attached hydrogens (tertiary/aromatic N) is 2. The number of benzene rings is 1. The van der Waals surface area contributed by atoms with Crippen LogP contribution in [0.5, 0.6) is 11.5 Å². The second-order valence-electron chi connectivity index (χ2n) is 6.05. The molecule has 2 aromatic rings. The van der Waals surface area contributed by atoms with Gasteiger partial charge in [-0.1, -0.05) is 0 Å². The maximum Gasteiger partial charge on any atom is 0.262 e. The lowest BCUT2D eigenvalue weighted by Crippen LogP contribution is -2.39. The smallest absolute Gasteiger partial charge is 0.262 e. The number of nitrogens with one attached hydrogen (secondary N) is 1. The van der Waals surface area contributed by atoms with Crippen LogP contribution in [0.3, 0.4) is 0 Å². The van der Waals surface area contributed by atoms with Crippen LogP contribution >= 0.6 is 12.2 Å². The molecule has 0 saturated carbocycles. The Labute approximate surface area is 157 Å². The van der Waals surface area contributed by atoms with Gasteiger partial charge in [0.2, 0.25) is 0 Å². The predicted octanol–water partition coefficient (Wildman–Crippen LogP) is 2.19. The SMILES string of the molecule is CCOc1cc2[nH]c(=S)n(CCN3CCOCC3)c(=O)c2cc1OCC. The van der Waals surface area contributed by atoms with Crippen LogP contribution in [0.15, 0.2) is 16.9 Å². The third-order valence-corrected chi connectivity index (χ3v) is 4.71. The van der Waals surface area contributed by atoms with Crippen molar-refractivity contribution in [2.75, 3.05) is 46.1 Å². The molecule has 1 saturated heterocycles. The highest BCUT2D eigenvalue weighted by Crippen LogP contribution is 2.30. The van der Waals surface area contributed by atoms with E-state index in [0.29, 0.717) is 46.9 Å². The molecular formula is C18H25N3O4S. The van der Waals surface area contributed by atoms with Gasteiger partial charge in [-0.05, 0) is 32.1 Å². The Bertz CT molecular complexity index is 871. The van der Waals surface area contributed by atoms with E-state index in [1.807, 2.05) is 13.8 Å². The van der Waals surface area contributed by atoms with Gasteiger partial charge in [0.15, 0.2) is 16.3 Å². The summed E-state index contributed by atoms with van der Waals surface area (Å²) in [4.78, 5) is 18.4. The number of hydrogen-bond acceptors (Lipinski definition) is 6.